The van der Waals surface area contributed by atoms with Gasteiger partial charge in [0.05, 0.1) is 22.3 Å². The summed E-state index contributed by atoms with van der Waals surface area (Å²) in [5, 5.41) is 9.42. The molecule has 1 amide bonds. The lowest BCUT2D eigenvalue weighted by molar-refractivity contribution is 0.0898. The average Bonchev–Trinajstić information content (AvgIpc) is 2.93. The number of H-pyrrole nitrogens is 1. The van der Waals surface area contributed by atoms with Crippen LogP contribution in [-0.4, -0.2) is 26.6 Å². The third-order valence-electron chi connectivity index (χ3n) is 4.12. The van der Waals surface area contributed by atoms with E-state index in [1.807, 2.05) is 0 Å². The number of hydrogen-bond donors (Lipinski definition) is 3. The highest BCUT2D eigenvalue weighted by Crippen LogP contribution is 2.34. The van der Waals surface area contributed by atoms with Crippen LogP contribution in [-0.2, 0) is 0 Å². The van der Waals surface area contributed by atoms with Gasteiger partial charge in [0.1, 0.15) is 0 Å². The summed E-state index contributed by atoms with van der Waals surface area (Å²) in [7, 11) is 0. The zero-order valence-corrected chi connectivity index (χ0v) is 11.9. The predicted octanol–water partition coefficient (Wildman–Crippen LogP) is 1.76. The number of nitrogens with two attached hydrogens (primary N) is 1. The third-order valence-corrected chi connectivity index (χ3v) is 4.51. The topological polar surface area (TPSA) is 83.8 Å². The van der Waals surface area contributed by atoms with Gasteiger partial charge in [-0.1, -0.05) is 25.6 Å². The maximum absolute atomic E-state index is 12.1. The van der Waals surface area contributed by atoms with Crippen LogP contribution < -0.4 is 11.1 Å². The van der Waals surface area contributed by atoms with Crippen LogP contribution >= 0.6 is 12.2 Å². The number of nitrogens with one attached hydrogen (secondary N) is 2. The van der Waals surface area contributed by atoms with E-state index < -0.39 is 5.54 Å². The van der Waals surface area contributed by atoms with Crippen molar-refractivity contribution in [1.82, 2.24) is 15.5 Å². The molecule has 1 aliphatic carbocycles. The number of aromatic nitrogens is 2. The van der Waals surface area contributed by atoms with Gasteiger partial charge in [0, 0.05) is 6.20 Å². The number of aromatic amines is 1. The van der Waals surface area contributed by atoms with Gasteiger partial charge in [-0.05, 0) is 31.6 Å². The van der Waals surface area contributed by atoms with Crippen molar-refractivity contribution in [3.05, 3.63) is 18.0 Å². The molecular weight excluding hydrogens is 260 g/mol. The highest BCUT2D eigenvalue weighted by Gasteiger charge is 2.39. The quantitative estimate of drug-likeness (QED) is 0.734. The Labute approximate surface area is 118 Å². The molecular formula is C13H20N4OS. The van der Waals surface area contributed by atoms with E-state index in [1.54, 1.807) is 6.20 Å². The second-order valence-corrected chi connectivity index (χ2v) is 5.68. The number of carbonyl (C=O) groups is 1. The van der Waals surface area contributed by atoms with Crippen molar-refractivity contribution in [2.45, 2.75) is 44.6 Å². The Morgan fingerprint density at radius 1 is 1.63 bits per heavy atom. The molecule has 0 saturated heterocycles. The average molecular weight is 280 g/mol. The minimum absolute atomic E-state index is 0.170. The molecule has 0 bridgehead atoms. The molecule has 104 valence electrons. The Kier molecular flexibility index (Phi) is 4.19. The number of rotatable bonds is 4. The lowest BCUT2D eigenvalue weighted by Crippen LogP contribution is -2.58. The maximum atomic E-state index is 12.1. The van der Waals surface area contributed by atoms with Crippen LogP contribution in [0.1, 0.15) is 49.4 Å². The van der Waals surface area contributed by atoms with Crippen molar-refractivity contribution < 1.29 is 4.79 Å². The molecule has 6 heteroatoms. The van der Waals surface area contributed by atoms with Crippen LogP contribution in [0.5, 0.6) is 0 Å². The molecule has 1 saturated carbocycles. The number of amides is 1. The van der Waals surface area contributed by atoms with Crippen LogP contribution in [0.3, 0.4) is 0 Å². The van der Waals surface area contributed by atoms with Crippen LogP contribution in [0.25, 0.3) is 0 Å². The molecule has 1 fully saturated rings. The molecule has 19 heavy (non-hydrogen) atoms. The Hall–Kier alpha value is -1.43. The monoisotopic (exact) mass is 280 g/mol. The van der Waals surface area contributed by atoms with Gasteiger partial charge in [-0.2, -0.15) is 5.10 Å². The van der Waals surface area contributed by atoms with E-state index in [0.717, 1.165) is 25.7 Å². The smallest absolute Gasteiger partial charge is 0.255 e. The molecule has 0 spiro atoms. The van der Waals surface area contributed by atoms with Crippen molar-refractivity contribution in [3.8, 4) is 0 Å². The molecule has 0 aliphatic heterocycles. The first kappa shape index (κ1) is 14.0. The predicted molar refractivity (Wildman–Crippen MR) is 77.8 cm³/mol. The summed E-state index contributed by atoms with van der Waals surface area (Å²) in [5.41, 5.74) is 5.86. The molecule has 1 aliphatic rings. The summed E-state index contributed by atoms with van der Waals surface area (Å²) in [6.07, 6.45) is 8.00. The van der Waals surface area contributed by atoms with Crippen molar-refractivity contribution >= 4 is 23.1 Å². The standard InChI is InChI=1S/C13H20N4OS/c1-2-9-3-5-13(6-4-9,12(14)19)17-11(18)10-7-15-16-8-10/h7-9H,2-6H2,1H3,(H2,14,19)(H,15,16)(H,17,18). The number of hydrogen-bond acceptors (Lipinski definition) is 3. The Morgan fingerprint density at radius 3 is 2.79 bits per heavy atom. The first-order valence-electron chi connectivity index (χ1n) is 6.68. The van der Waals surface area contributed by atoms with Gasteiger partial charge in [0.25, 0.3) is 5.91 Å². The first-order chi connectivity index (χ1) is 9.07. The van der Waals surface area contributed by atoms with Gasteiger partial charge < -0.3 is 11.1 Å². The Balaban J connectivity index is 2.09. The van der Waals surface area contributed by atoms with Gasteiger partial charge in [-0.15, -0.1) is 0 Å². The molecule has 2 rings (SSSR count). The lowest BCUT2D eigenvalue weighted by atomic mass is 9.75. The van der Waals surface area contributed by atoms with Crippen LogP contribution in [0.2, 0.25) is 0 Å². The van der Waals surface area contributed by atoms with Gasteiger partial charge >= 0.3 is 0 Å². The minimum Gasteiger partial charge on any atom is -0.391 e. The normalized spacial score (nSPS) is 26.9. The molecule has 0 radical (unpaired) electrons. The summed E-state index contributed by atoms with van der Waals surface area (Å²) < 4.78 is 0. The summed E-state index contributed by atoms with van der Waals surface area (Å²) in [4.78, 5) is 12.5. The molecule has 0 atom stereocenters. The number of thiocarbonyl (C=S) groups is 1. The van der Waals surface area contributed by atoms with E-state index >= 15 is 0 Å². The molecule has 0 unspecified atom stereocenters. The van der Waals surface area contributed by atoms with Gasteiger partial charge in [-0.3, -0.25) is 9.89 Å². The molecule has 1 heterocycles. The van der Waals surface area contributed by atoms with Crippen LogP contribution in [0, 0.1) is 5.92 Å². The number of nitrogens with zero attached hydrogens (tertiary/aromatic N) is 1. The fourth-order valence-electron chi connectivity index (χ4n) is 2.68. The lowest BCUT2D eigenvalue weighted by Gasteiger charge is -2.39. The molecule has 1 aromatic heterocycles. The van der Waals surface area contributed by atoms with Crippen molar-refractivity contribution in [2.75, 3.05) is 0 Å². The van der Waals surface area contributed by atoms with Crippen molar-refractivity contribution in [3.63, 3.8) is 0 Å². The fraction of sp³-hybridized carbons (Fsp3) is 0.615. The number of carbonyl (C=O) groups excluding carboxylic acids is 1. The van der Waals surface area contributed by atoms with E-state index in [1.165, 1.54) is 12.6 Å². The van der Waals surface area contributed by atoms with Gasteiger partial charge in [0.2, 0.25) is 0 Å². The Bertz CT molecular complexity index is 449. The summed E-state index contributed by atoms with van der Waals surface area (Å²) >= 11 is 5.19. The SMILES string of the molecule is CCC1CCC(NC(=O)c2cn[nH]c2)(C(N)=S)CC1. The van der Waals surface area contributed by atoms with Gasteiger partial charge in [-0.25, -0.2) is 0 Å². The van der Waals surface area contributed by atoms with Gasteiger partial charge in [0.15, 0.2) is 0 Å². The van der Waals surface area contributed by atoms with Crippen molar-refractivity contribution in [1.29, 1.82) is 0 Å². The molecule has 5 nitrogen and oxygen atoms in total. The van der Waals surface area contributed by atoms with Crippen molar-refractivity contribution in [2.24, 2.45) is 11.7 Å². The summed E-state index contributed by atoms with van der Waals surface area (Å²) in [6, 6.07) is 0. The summed E-state index contributed by atoms with van der Waals surface area (Å²) in [6.45, 7) is 2.20. The second-order valence-electron chi connectivity index (χ2n) is 5.24. The third kappa shape index (κ3) is 2.94. The molecule has 0 aromatic carbocycles. The maximum Gasteiger partial charge on any atom is 0.255 e. The Morgan fingerprint density at radius 2 is 2.32 bits per heavy atom. The van der Waals surface area contributed by atoms with E-state index in [-0.39, 0.29) is 5.91 Å². The zero-order chi connectivity index (χ0) is 13.9. The molecule has 4 N–H and O–H groups in total. The van der Waals surface area contributed by atoms with Crippen LogP contribution in [0.4, 0.5) is 0 Å². The van der Waals surface area contributed by atoms with Crippen LogP contribution in [0.15, 0.2) is 12.4 Å². The van der Waals surface area contributed by atoms with E-state index in [9.17, 15) is 4.79 Å². The highest BCUT2D eigenvalue weighted by atomic mass is 32.1. The largest absolute Gasteiger partial charge is 0.391 e. The summed E-state index contributed by atoms with van der Waals surface area (Å²) in [5.74, 6) is 0.546. The van der Waals surface area contributed by atoms with E-state index in [2.05, 4.69) is 22.4 Å². The minimum atomic E-state index is -0.532. The second kappa shape index (κ2) is 5.69. The van der Waals surface area contributed by atoms with E-state index in [0.29, 0.717) is 16.5 Å². The first-order valence-corrected chi connectivity index (χ1v) is 7.09. The fourth-order valence-corrected chi connectivity index (χ4v) is 2.93. The zero-order valence-electron chi connectivity index (χ0n) is 11.1. The van der Waals surface area contributed by atoms with E-state index in [4.69, 9.17) is 18.0 Å². The molecule has 1 aromatic rings. The highest BCUT2D eigenvalue weighted by molar-refractivity contribution is 7.80.